The molecule has 27 heavy (non-hydrogen) atoms. The molecule has 142 valence electrons. The van der Waals surface area contributed by atoms with Gasteiger partial charge in [0.1, 0.15) is 12.0 Å². The molecule has 0 atom stereocenters. The van der Waals surface area contributed by atoms with Crippen LogP contribution in [0.5, 0.6) is 0 Å². The lowest BCUT2D eigenvalue weighted by molar-refractivity contribution is -0.146. The molecule has 0 aliphatic carbocycles. The van der Waals surface area contributed by atoms with Gasteiger partial charge in [0.25, 0.3) is 0 Å². The molecular weight excluding hydrogens is 350 g/mol. The predicted octanol–water partition coefficient (Wildman–Crippen LogP) is 1.89. The molecule has 1 aromatic carbocycles. The number of benzene rings is 1. The number of carbonyl (C=O) groups excluding carboxylic acids is 1. The molecule has 9 nitrogen and oxygen atoms in total. The fraction of sp³-hybridized carbons (Fsp3) is 0.333. The molecule has 1 aliphatic heterocycles. The fourth-order valence-corrected chi connectivity index (χ4v) is 3.06. The highest BCUT2D eigenvalue weighted by molar-refractivity contribution is 5.88. The molecule has 1 aromatic heterocycles. The van der Waals surface area contributed by atoms with Gasteiger partial charge in [0.15, 0.2) is 11.6 Å². The number of nitrogen functional groups attached to an aromatic ring is 1. The Morgan fingerprint density at radius 1 is 1.22 bits per heavy atom. The Labute approximate surface area is 156 Å². The van der Waals surface area contributed by atoms with Crippen molar-refractivity contribution >= 4 is 34.9 Å². The van der Waals surface area contributed by atoms with Gasteiger partial charge in [-0.15, -0.1) is 0 Å². The molecule has 0 spiro atoms. The second-order valence-electron chi connectivity index (χ2n) is 6.25. The third kappa shape index (κ3) is 4.08. The van der Waals surface area contributed by atoms with E-state index >= 15 is 0 Å². The maximum absolute atomic E-state index is 11.7. The van der Waals surface area contributed by atoms with Crippen molar-refractivity contribution in [2.24, 2.45) is 5.92 Å². The number of nitrogens with zero attached hydrogens (tertiary/aromatic N) is 3. The van der Waals surface area contributed by atoms with E-state index in [9.17, 15) is 9.59 Å². The lowest BCUT2D eigenvalue weighted by Crippen LogP contribution is -2.37. The van der Waals surface area contributed by atoms with Gasteiger partial charge in [-0.05, 0) is 37.1 Å². The number of ether oxygens (including phenoxy) is 1. The molecule has 0 amide bonds. The molecule has 3 rings (SSSR count). The van der Waals surface area contributed by atoms with Crippen molar-refractivity contribution < 1.29 is 19.4 Å². The highest BCUT2D eigenvalue weighted by Gasteiger charge is 2.27. The van der Waals surface area contributed by atoms with Crippen molar-refractivity contribution in [2.45, 2.75) is 12.8 Å². The highest BCUT2D eigenvalue weighted by atomic mass is 16.5. The summed E-state index contributed by atoms with van der Waals surface area (Å²) in [5, 5.41) is 12.0. The number of carboxylic acids is 1. The Bertz CT molecular complexity index is 832. The lowest BCUT2D eigenvalue weighted by atomic mass is 9.97. The van der Waals surface area contributed by atoms with E-state index in [0.29, 0.717) is 48.9 Å². The first-order chi connectivity index (χ1) is 13.0. The standard InChI is InChI=1S/C18H21N5O4/c1-27-18(26)12-6-8-23(9-7-12)16-14(19)15(20-10-21-16)22-13-4-2-11(3-5-13)17(24)25/h2-5,10,12H,6-9,19H2,1H3,(H,24,25)(H,20,21,22). The average molecular weight is 371 g/mol. The topological polar surface area (TPSA) is 131 Å². The van der Waals surface area contributed by atoms with Crippen LogP contribution in [-0.4, -0.2) is 47.2 Å². The number of anilines is 4. The summed E-state index contributed by atoms with van der Waals surface area (Å²) in [6, 6.07) is 6.29. The summed E-state index contributed by atoms with van der Waals surface area (Å²) in [7, 11) is 1.40. The molecule has 4 N–H and O–H groups in total. The largest absolute Gasteiger partial charge is 0.478 e. The van der Waals surface area contributed by atoms with E-state index < -0.39 is 5.97 Å². The minimum atomic E-state index is -0.985. The predicted molar refractivity (Wildman–Crippen MR) is 100 cm³/mol. The molecule has 1 fully saturated rings. The van der Waals surface area contributed by atoms with Crippen LogP contribution in [-0.2, 0) is 9.53 Å². The monoisotopic (exact) mass is 371 g/mol. The zero-order valence-electron chi connectivity index (χ0n) is 14.9. The average Bonchev–Trinajstić information content (AvgIpc) is 2.69. The van der Waals surface area contributed by atoms with E-state index in [4.69, 9.17) is 15.6 Å². The number of hydrogen-bond acceptors (Lipinski definition) is 8. The quantitative estimate of drug-likeness (QED) is 0.674. The van der Waals surface area contributed by atoms with Crippen LogP contribution in [0.15, 0.2) is 30.6 Å². The first-order valence-electron chi connectivity index (χ1n) is 8.53. The van der Waals surface area contributed by atoms with E-state index in [1.807, 2.05) is 4.90 Å². The molecule has 0 radical (unpaired) electrons. The Morgan fingerprint density at radius 2 is 1.89 bits per heavy atom. The van der Waals surface area contributed by atoms with Crippen LogP contribution < -0.4 is 16.0 Å². The molecule has 2 aromatic rings. The number of rotatable bonds is 5. The van der Waals surface area contributed by atoms with Gasteiger partial charge in [-0.25, -0.2) is 14.8 Å². The zero-order valence-corrected chi connectivity index (χ0v) is 14.9. The Hall–Kier alpha value is -3.36. The van der Waals surface area contributed by atoms with Gasteiger partial charge < -0.3 is 25.8 Å². The van der Waals surface area contributed by atoms with E-state index in [1.165, 1.54) is 25.6 Å². The Morgan fingerprint density at radius 3 is 2.48 bits per heavy atom. The SMILES string of the molecule is COC(=O)C1CCN(c2ncnc(Nc3ccc(C(=O)O)cc3)c2N)CC1. The van der Waals surface area contributed by atoms with Crippen LogP contribution in [0.2, 0.25) is 0 Å². The Kier molecular flexibility index (Phi) is 5.39. The molecule has 0 unspecified atom stereocenters. The van der Waals surface area contributed by atoms with Gasteiger partial charge in [0.2, 0.25) is 0 Å². The van der Waals surface area contributed by atoms with Crippen LogP contribution in [0.4, 0.5) is 23.0 Å². The van der Waals surface area contributed by atoms with Gasteiger partial charge in [-0.1, -0.05) is 0 Å². The number of aromatic nitrogens is 2. The minimum absolute atomic E-state index is 0.0975. The number of aromatic carboxylic acids is 1. The second-order valence-corrected chi connectivity index (χ2v) is 6.25. The maximum Gasteiger partial charge on any atom is 0.335 e. The summed E-state index contributed by atoms with van der Waals surface area (Å²) in [5.41, 5.74) is 7.51. The fourth-order valence-electron chi connectivity index (χ4n) is 3.06. The van der Waals surface area contributed by atoms with Crippen LogP contribution in [0.3, 0.4) is 0 Å². The van der Waals surface area contributed by atoms with Crippen LogP contribution in [0.1, 0.15) is 23.2 Å². The third-order valence-corrected chi connectivity index (χ3v) is 4.59. The first kappa shape index (κ1) is 18.4. The molecular formula is C18H21N5O4. The number of hydrogen-bond donors (Lipinski definition) is 3. The van der Waals surface area contributed by atoms with Gasteiger partial charge in [0, 0.05) is 18.8 Å². The summed E-state index contributed by atoms with van der Waals surface area (Å²) in [6.07, 6.45) is 2.77. The van der Waals surface area contributed by atoms with E-state index in [1.54, 1.807) is 12.1 Å². The maximum atomic E-state index is 11.7. The van der Waals surface area contributed by atoms with Crippen LogP contribution >= 0.6 is 0 Å². The lowest BCUT2D eigenvalue weighted by Gasteiger charge is -2.32. The smallest absolute Gasteiger partial charge is 0.335 e. The summed E-state index contributed by atoms with van der Waals surface area (Å²) < 4.78 is 4.81. The molecule has 1 aliphatic rings. The molecule has 1 saturated heterocycles. The van der Waals surface area contributed by atoms with Crippen molar-refractivity contribution in [1.82, 2.24) is 9.97 Å². The molecule has 2 heterocycles. The van der Waals surface area contributed by atoms with Crippen molar-refractivity contribution in [2.75, 3.05) is 36.1 Å². The second kappa shape index (κ2) is 7.90. The van der Waals surface area contributed by atoms with Gasteiger partial charge in [-0.2, -0.15) is 0 Å². The van der Waals surface area contributed by atoms with Gasteiger partial charge in [0.05, 0.1) is 18.6 Å². The normalized spacial score (nSPS) is 14.6. The zero-order chi connectivity index (χ0) is 19.4. The number of nitrogens with two attached hydrogens (primary N) is 1. The summed E-state index contributed by atoms with van der Waals surface area (Å²) in [4.78, 5) is 33.1. The van der Waals surface area contributed by atoms with Crippen molar-refractivity contribution in [1.29, 1.82) is 0 Å². The summed E-state index contributed by atoms with van der Waals surface area (Å²) >= 11 is 0. The van der Waals surface area contributed by atoms with E-state index in [-0.39, 0.29) is 17.5 Å². The van der Waals surface area contributed by atoms with Gasteiger partial charge in [-0.3, -0.25) is 4.79 Å². The van der Waals surface area contributed by atoms with Crippen molar-refractivity contribution in [3.63, 3.8) is 0 Å². The number of methoxy groups -OCH3 is 1. The molecule has 9 heteroatoms. The molecule has 0 bridgehead atoms. The van der Waals surface area contributed by atoms with Crippen LogP contribution in [0.25, 0.3) is 0 Å². The van der Waals surface area contributed by atoms with E-state index in [0.717, 1.165) is 0 Å². The van der Waals surface area contributed by atoms with Crippen molar-refractivity contribution in [3.05, 3.63) is 36.2 Å². The molecule has 0 saturated carbocycles. The number of carbonyl (C=O) groups is 2. The summed E-state index contributed by atoms with van der Waals surface area (Å²) in [5.74, 6) is -0.214. The number of piperidine rings is 1. The van der Waals surface area contributed by atoms with Crippen LogP contribution in [0, 0.1) is 5.92 Å². The third-order valence-electron chi connectivity index (χ3n) is 4.59. The number of nitrogens with one attached hydrogen (secondary N) is 1. The number of carboxylic acid groups (broad SMARTS) is 1. The highest BCUT2D eigenvalue weighted by Crippen LogP contribution is 2.31. The summed E-state index contributed by atoms with van der Waals surface area (Å²) in [6.45, 7) is 1.29. The number of esters is 1. The van der Waals surface area contributed by atoms with Gasteiger partial charge >= 0.3 is 11.9 Å². The van der Waals surface area contributed by atoms with E-state index in [2.05, 4.69) is 15.3 Å². The minimum Gasteiger partial charge on any atom is -0.478 e. The first-order valence-corrected chi connectivity index (χ1v) is 8.53. The van der Waals surface area contributed by atoms with Crippen molar-refractivity contribution in [3.8, 4) is 0 Å². The Balaban J connectivity index is 1.72.